The normalized spacial score (nSPS) is 16.9. The first-order valence-electron chi connectivity index (χ1n) is 7.45. The van der Waals surface area contributed by atoms with Crippen LogP contribution < -0.4 is 14.8 Å². The third-order valence-corrected chi connectivity index (χ3v) is 3.75. The molecule has 1 amide bonds. The number of morpholine rings is 1. The number of benzene rings is 1. The summed E-state index contributed by atoms with van der Waals surface area (Å²) in [6, 6.07) is 5.42. The predicted octanol–water partition coefficient (Wildman–Crippen LogP) is 1.21. The van der Waals surface area contributed by atoms with Gasteiger partial charge in [-0.3, -0.25) is 9.69 Å². The van der Waals surface area contributed by atoms with E-state index in [1.807, 2.05) is 25.1 Å². The van der Waals surface area contributed by atoms with Crippen molar-refractivity contribution in [2.24, 2.45) is 0 Å². The highest BCUT2D eigenvalue weighted by Crippen LogP contribution is 2.29. The Kier molecular flexibility index (Phi) is 6.03. The van der Waals surface area contributed by atoms with Gasteiger partial charge in [-0.25, -0.2) is 0 Å². The maximum atomic E-state index is 12.2. The van der Waals surface area contributed by atoms with Crippen LogP contribution >= 0.6 is 0 Å². The van der Waals surface area contributed by atoms with Crippen LogP contribution in [0, 0.1) is 0 Å². The third kappa shape index (κ3) is 4.35. The molecule has 2 rings (SSSR count). The van der Waals surface area contributed by atoms with Crippen LogP contribution in [-0.2, 0) is 9.53 Å². The summed E-state index contributed by atoms with van der Waals surface area (Å²) in [6.07, 6.45) is 0. The van der Waals surface area contributed by atoms with Crippen LogP contribution in [0.4, 0.5) is 0 Å². The fraction of sp³-hybridized carbons (Fsp3) is 0.562. The maximum absolute atomic E-state index is 12.2. The van der Waals surface area contributed by atoms with Gasteiger partial charge >= 0.3 is 0 Å². The van der Waals surface area contributed by atoms with Gasteiger partial charge < -0.3 is 19.5 Å². The van der Waals surface area contributed by atoms with Crippen molar-refractivity contribution >= 4 is 5.91 Å². The molecule has 1 heterocycles. The molecule has 6 heteroatoms. The van der Waals surface area contributed by atoms with Gasteiger partial charge in [-0.2, -0.15) is 0 Å². The molecule has 0 saturated carbocycles. The van der Waals surface area contributed by atoms with Gasteiger partial charge in [0.25, 0.3) is 0 Å². The second-order valence-corrected chi connectivity index (χ2v) is 5.29. The summed E-state index contributed by atoms with van der Waals surface area (Å²) in [4.78, 5) is 14.3. The number of nitrogens with zero attached hydrogens (tertiary/aromatic N) is 1. The van der Waals surface area contributed by atoms with E-state index in [2.05, 4.69) is 10.2 Å². The smallest absolute Gasteiger partial charge is 0.234 e. The van der Waals surface area contributed by atoms with Gasteiger partial charge in [0, 0.05) is 18.7 Å². The number of hydrogen-bond donors (Lipinski definition) is 1. The monoisotopic (exact) mass is 308 g/mol. The first kappa shape index (κ1) is 16.6. The van der Waals surface area contributed by atoms with Crippen molar-refractivity contribution < 1.29 is 19.0 Å². The van der Waals surface area contributed by atoms with E-state index >= 15 is 0 Å². The number of carbonyl (C=O) groups excluding carboxylic acids is 1. The quantitative estimate of drug-likeness (QED) is 0.856. The fourth-order valence-electron chi connectivity index (χ4n) is 2.51. The Morgan fingerprint density at radius 1 is 1.32 bits per heavy atom. The van der Waals surface area contributed by atoms with Crippen LogP contribution in [0.1, 0.15) is 18.5 Å². The summed E-state index contributed by atoms with van der Waals surface area (Å²) in [5.41, 5.74) is 0.900. The lowest BCUT2D eigenvalue weighted by Gasteiger charge is -2.26. The Balaban J connectivity index is 1.98. The number of hydrogen-bond acceptors (Lipinski definition) is 5. The molecule has 0 bridgehead atoms. The summed E-state index contributed by atoms with van der Waals surface area (Å²) >= 11 is 0. The van der Waals surface area contributed by atoms with E-state index in [-0.39, 0.29) is 11.9 Å². The predicted molar refractivity (Wildman–Crippen MR) is 83.4 cm³/mol. The Morgan fingerprint density at radius 2 is 2.05 bits per heavy atom. The molecule has 1 aromatic rings. The van der Waals surface area contributed by atoms with E-state index in [0.717, 1.165) is 30.2 Å². The van der Waals surface area contributed by atoms with Crippen molar-refractivity contribution in [1.29, 1.82) is 0 Å². The fourth-order valence-corrected chi connectivity index (χ4v) is 2.51. The molecule has 1 fully saturated rings. The van der Waals surface area contributed by atoms with Crippen molar-refractivity contribution in [3.63, 3.8) is 0 Å². The van der Waals surface area contributed by atoms with E-state index in [1.165, 1.54) is 0 Å². The minimum atomic E-state index is -0.154. The molecular weight excluding hydrogens is 284 g/mol. The van der Waals surface area contributed by atoms with Gasteiger partial charge in [-0.15, -0.1) is 0 Å². The second kappa shape index (κ2) is 8.00. The summed E-state index contributed by atoms with van der Waals surface area (Å²) in [6.45, 7) is 5.29. The minimum Gasteiger partial charge on any atom is -0.497 e. The second-order valence-electron chi connectivity index (χ2n) is 5.29. The summed E-state index contributed by atoms with van der Waals surface area (Å²) in [5, 5.41) is 3.01. The molecule has 1 aliphatic heterocycles. The number of amides is 1. The first-order valence-corrected chi connectivity index (χ1v) is 7.45. The highest BCUT2D eigenvalue weighted by molar-refractivity contribution is 5.78. The number of nitrogens with one attached hydrogen (secondary N) is 1. The molecule has 1 aliphatic rings. The summed E-state index contributed by atoms with van der Waals surface area (Å²) in [5.74, 6) is 1.48. The molecular formula is C16H24N2O4. The van der Waals surface area contributed by atoms with E-state index < -0.39 is 0 Å². The molecule has 0 aromatic heterocycles. The van der Waals surface area contributed by atoms with Crippen molar-refractivity contribution in [2.45, 2.75) is 13.0 Å². The number of methoxy groups -OCH3 is 2. The van der Waals surface area contributed by atoms with Gasteiger partial charge in [0.05, 0.1) is 40.0 Å². The number of rotatable bonds is 6. The minimum absolute atomic E-state index is 0.000673. The van der Waals surface area contributed by atoms with E-state index in [4.69, 9.17) is 14.2 Å². The number of ether oxygens (including phenoxy) is 3. The molecule has 0 aliphatic carbocycles. The van der Waals surface area contributed by atoms with Crippen molar-refractivity contribution in [1.82, 2.24) is 10.2 Å². The lowest BCUT2D eigenvalue weighted by molar-refractivity contribution is -0.123. The van der Waals surface area contributed by atoms with Crippen molar-refractivity contribution in [2.75, 3.05) is 47.1 Å². The van der Waals surface area contributed by atoms with Crippen molar-refractivity contribution in [3.8, 4) is 11.5 Å². The average Bonchev–Trinajstić information content (AvgIpc) is 2.54. The molecule has 1 N–H and O–H groups in total. The Morgan fingerprint density at radius 3 is 2.68 bits per heavy atom. The SMILES string of the molecule is COc1ccc(OC)c([C@@H](C)NC(=O)CN2CCOCC2)c1. The highest BCUT2D eigenvalue weighted by atomic mass is 16.5. The van der Waals surface area contributed by atoms with Gasteiger partial charge in [0.1, 0.15) is 11.5 Å². The van der Waals surface area contributed by atoms with E-state index in [1.54, 1.807) is 14.2 Å². The van der Waals surface area contributed by atoms with Gasteiger partial charge in [-0.1, -0.05) is 0 Å². The zero-order valence-electron chi connectivity index (χ0n) is 13.4. The largest absolute Gasteiger partial charge is 0.497 e. The topological polar surface area (TPSA) is 60.0 Å². The van der Waals surface area contributed by atoms with Gasteiger partial charge in [-0.05, 0) is 25.1 Å². The summed E-state index contributed by atoms with van der Waals surface area (Å²) < 4.78 is 15.9. The Labute approximate surface area is 131 Å². The van der Waals surface area contributed by atoms with Gasteiger partial charge in [0.2, 0.25) is 5.91 Å². The molecule has 0 spiro atoms. The van der Waals surface area contributed by atoms with E-state index in [0.29, 0.717) is 19.8 Å². The Bertz CT molecular complexity index is 501. The molecule has 0 unspecified atom stereocenters. The lowest BCUT2D eigenvalue weighted by Crippen LogP contribution is -2.43. The molecule has 122 valence electrons. The average molecular weight is 308 g/mol. The number of carbonyl (C=O) groups is 1. The van der Waals surface area contributed by atoms with Crippen LogP contribution in [0.25, 0.3) is 0 Å². The molecule has 1 saturated heterocycles. The Hall–Kier alpha value is -1.79. The van der Waals surface area contributed by atoms with Crippen LogP contribution in [0.2, 0.25) is 0 Å². The highest BCUT2D eigenvalue weighted by Gasteiger charge is 2.18. The van der Waals surface area contributed by atoms with Crippen LogP contribution in [0.5, 0.6) is 11.5 Å². The standard InChI is InChI=1S/C16H24N2O4/c1-12(14-10-13(20-2)4-5-15(14)21-3)17-16(19)11-18-6-8-22-9-7-18/h4-5,10,12H,6-9,11H2,1-3H3,(H,17,19)/t12-/m1/s1. The molecule has 1 aromatic carbocycles. The molecule has 0 radical (unpaired) electrons. The van der Waals surface area contributed by atoms with Crippen LogP contribution in [0.15, 0.2) is 18.2 Å². The molecule has 22 heavy (non-hydrogen) atoms. The maximum Gasteiger partial charge on any atom is 0.234 e. The van der Waals surface area contributed by atoms with Crippen LogP contribution in [-0.4, -0.2) is 57.9 Å². The zero-order chi connectivity index (χ0) is 15.9. The first-order chi connectivity index (χ1) is 10.6. The van der Waals surface area contributed by atoms with Crippen LogP contribution in [0.3, 0.4) is 0 Å². The third-order valence-electron chi connectivity index (χ3n) is 3.75. The van der Waals surface area contributed by atoms with Gasteiger partial charge in [0.15, 0.2) is 0 Å². The van der Waals surface area contributed by atoms with Crippen molar-refractivity contribution in [3.05, 3.63) is 23.8 Å². The molecule has 6 nitrogen and oxygen atoms in total. The zero-order valence-corrected chi connectivity index (χ0v) is 13.4. The van der Waals surface area contributed by atoms with E-state index in [9.17, 15) is 4.79 Å². The summed E-state index contributed by atoms with van der Waals surface area (Å²) in [7, 11) is 3.24. The lowest BCUT2D eigenvalue weighted by atomic mass is 10.1. The molecule has 1 atom stereocenters.